The van der Waals surface area contributed by atoms with E-state index in [1.165, 1.54) is 0 Å². The molecule has 1 aliphatic heterocycles. The molecule has 112 valence electrons. The van der Waals surface area contributed by atoms with Gasteiger partial charge in [0.2, 0.25) is 5.91 Å². The Morgan fingerprint density at radius 2 is 1.68 bits per heavy atom. The Hall–Kier alpha value is -2.62. The quantitative estimate of drug-likeness (QED) is 0.643. The van der Waals surface area contributed by atoms with Crippen molar-refractivity contribution in [3.63, 3.8) is 0 Å². The van der Waals surface area contributed by atoms with E-state index in [1.54, 1.807) is 17.0 Å². The van der Waals surface area contributed by atoms with E-state index in [9.17, 15) is 9.59 Å². The van der Waals surface area contributed by atoms with Gasteiger partial charge in [-0.2, -0.15) is 0 Å². The van der Waals surface area contributed by atoms with Crippen LogP contribution in [-0.2, 0) is 16.1 Å². The molecule has 0 saturated carbocycles. The molecule has 2 aromatic rings. The molecule has 1 fully saturated rings. The summed E-state index contributed by atoms with van der Waals surface area (Å²) < 4.78 is 5.33. The first-order valence-corrected chi connectivity index (χ1v) is 7.31. The van der Waals surface area contributed by atoms with E-state index in [0.29, 0.717) is 18.8 Å². The van der Waals surface area contributed by atoms with Gasteiger partial charge in [-0.25, -0.2) is 0 Å². The fraction of sp³-hybridized carbons (Fsp3) is 0.222. The van der Waals surface area contributed by atoms with Crippen LogP contribution in [0.5, 0.6) is 5.75 Å². The zero-order chi connectivity index (χ0) is 15.4. The molecule has 1 atom stereocenters. The number of benzene rings is 2. The van der Waals surface area contributed by atoms with Crippen LogP contribution in [0, 0.1) is 5.92 Å². The highest BCUT2D eigenvalue weighted by Crippen LogP contribution is 2.22. The van der Waals surface area contributed by atoms with Gasteiger partial charge in [-0.05, 0) is 17.7 Å². The second-order valence-electron chi connectivity index (χ2n) is 5.40. The van der Waals surface area contributed by atoms with E-state index >= 15 is 0 Å². The fourth-order valence-electron chi connectivity index (χ4n) is 2.57. The van der Waals surface area contributed by atoms with Gasteiger partial charge in [0.15, 0.2) is 0 Å². The zero-order valence-corrected chi connectivity index (χ0v) is 12.1. The van der Waals surface area contributed by atoms with Gasteiger partial charge < -0.3 is 9.64 Å². The van der Waals surface area contributed by atoms with Crippen molar-refractivity contribution in [3.05, 3.63) is 66.2 Å². The Kier molecular flexibility index (Phi) is 4.19. The maximum atomic E-state index is 12.2. The average molecular weight is 295 g/mol. The summed E-state index contributed by atoms with van der Waals surface area (Å²) in [5.74, 6) is -0.216. The standard InChI is InChI=1S/C18H17NO3/c20-17-11-15(18(21)22-16-9-5-2-6-10-16)13-19(17)12-14-7-3-1-4-8-14/h1-10,15H,11-13H2/t15-/m1/s1. The Balaban J connectivity index is 1.60. The molecule has 1 saturated heterocycles. The molecule has 0 bridgehead atoms. The minimum absolute atomic E-state index is 0.00105. The van der Waals surface area contributed by atoms with Crippen molar-refractivity contribution in [3.8, 4) is 5.75 Å². The molecular weight excluding hydrogens is 278 g/mol. The summed E-state index contributed by atoms with van der Waals surface area (Å²) in [5, 5.41) is 0. The van der Waals surface area contributed by atoms with Crippen LogP contribution < -0.4 is 4.74 Å². The van der Waals surface area contributed by atoms with Crippen LogP contribution in [-0.4, -0.2) is 23.3 Å². The summed E-state index contributed by atoms with van der Waals surface area (Å²) in [6.45, 7) is 0.953. The minimum atomic E-state index is -0.392. The number of hydrogen-bond acceptors (Lipinski definition) is 3. The highest BCUT2D eigenvalue weighted by Gasteiger charge is 2.35. The summed E-state index contributed by atoms with van der Waals surface area (Å²) in [5.41, 5.74) is 1.06. The van der Waals surface area contributed by atoms with Gasteiger partial charge in [-0.3, -0.25) is 9.59 Å². The highest BCUT2D eigenvalue weighted by atomic mass is 16.5. The first-order chi connectivity index (χ1) is 10.7. The topological polar surface area (TPSA) is 46.6 Å². The molecule has 2 aromatic carbocycles. The molecule has 1 amide bonds. The first-order valence-electron chi connectivity index (χ1n) is 7.31. The van der Waals surface area contributed by atoms with E-state index in [0.717, 1.165) is 5.56 Å². The fourth-order valence-corrected chi connectivity index (χ4v) is 2.57. The van der Waals surface area contributed by atoms with Crippen LogP contribution in [0.4, 0.5) is 0 Å². The molecular formula is C18H17NO3. The monoisotopic (exact) mass is 295 g/mol. The van der Waals surface area contributed by atoms with Crippen LogP contribution >= 0.6 is 0 Å². The van der Waals surface area contributed by atoms with E-state index < -0.39 is 5.92 Å². The summed E-state index contributed by atoms with van der Waals surface area (Å²) in [6, 6.07) is 18.7. The minimum Gasteiger partial charge on any atom is -0.426 e. The number of hydrogen-bond donors (Lipinski definition) is 0. The molecule has 0 spiro atoms. The maximum Gasteiger partial charge on any atom is 0.316 e. The van der Waals surface area contributed by atoms with Crippen molar-refractivity contribution in [1.82, 2.24) is 4.90 Å². The van der Waals surface area contributed by atoms with Gasteiger partial charge in [0.05, 0.1) is 5.92 Å². The molecule has 3 rings (SSSR count). The predicted octanol–water partition coefficient (Wildman–Crippen LogP) is 2.64. The number of esters is 1. The summed E-state index contributed by atoms with van der Waals surface area (Å²) in [7, 11) is 0. The predicted molar refractivity (Wildman–Crippen MR) is 82.0 cm³/mol. The van der Waals surface area contributed by atoms with Gasteiger partial charge in [0, 0.05) is 19.5 Å². The van der Waals surface area contributed by atoms with E-state index in [-0.39, 0.29) is 18.3 Å². The number of ether oxygens (including phenoxy) is 1. The number of rotatable bonds is 4. The lowest BCUT2D eigenvalue weighted by atomic mass is 10.1. The molecule has 1 heterocycles. The zero-order valence-electron chi connectivity index (χ0n) is 12.1. The number of carbonyl (C=O) groups is 2. The van der Waals surface area contributed by atoms with Crippen LogP contribution in [0.1, 0.15) is 12.0 Å². The Bertz CT molecular complexity index is 655. The van der Waals surface area contributed by atoms with Crippen LogP contribution in [0.2, 0.25) is 0 Å². The molecule has 0 unspecified atom stereocenters. The van der Waals surface area contributed by atoms with Gasteiger partial charge in [-0.1, -0.05) is 48.5 Å². The molecule has 0 N–H and O–H groups in total. The van der Waals surface area contributed by atoms with Gasteiger partial charge in [-0.15, -0.1) is 0 Å². The van der Waals surface area contributed by atoms with Crippen molar-refractivity contribution in [2.75, 3.05) is 6.54 Å². The number of nitrogens with zero attached hydrogens (tertiary/aromatic N) is 1. The van der Waals surface area contributed by atoms with Crippen molar-refractivity contribution >= 4 is 11.9 Å². The molecule has 1 aliphatic rings. The largest absolute Gasteiger partial charge is 0.426 e. The molecule has 0 radical (unpaired) electrons. The van der Waals surface area contributed by atoms with Crippen molar-refractivity contribution in [1.29, 1.82) is 0 Å². The lowest BCUT2D eigenvalue weighted by Gasteiger charge is -2.16. The third-order valence-corrected chi connectivity index (χ3v) is 3.73. The van der Waals surface area contributed by atoms with Crippen molar-refractivity contribution < 1.29 is 14.3 Å². The molecule has 0 aliphatic carbocycles. The molecule has 4 nitrogen and oxygen atoms in total. The summed E-state index contributed by atoms with van der Waals surface area (Å²) >= 11 is 0. The Labute approximate surface area is 129 Å². The Morgan fingerprint density at radius 1 is 1.05 bits per heavy atom. The average Bonchev–Trinajstić information content (AvgIpc) is 2.90. The lowest BCUT2D eigenvalue weighted by Crippen LogP contribution is -2.27. The normalized spacial score (nSPS) is 17.5. The third-order valence-electron chi connectivity index (χ3n) is 3.73. The second-order valence-corrected chi connectivity index (χ2v) is 5.40. The van der Waals surface area contributed by atoms with E-state index in [2.05, 4.69) is 0 Å². The second kappa shape index (κ2) is 6.43. The van der Waals surface area contributed by atoms with Crippen LogP contribution in [0.3, 0.4) is 0 Å². The maximum absolute atomic E-state index is 12.2. The summed E-state index contributed by atoms with van der Waals surface area (Å²) in [6.07, 6.45) is 0.221. The lowest BCUT2D eigenvalue weighted by molar-refractivity contribution is -0.139. The van der Waals surface area contributed by atoms with Gasteiger partial charge >= 0.3 is 5.97 Å². The third kappa shape index (κ3) is 3.34. The van der Waals surface area contributed by atoms with Gasteiger partial charge in [0.25, 0.3) is 0 Å². The number of likely N-dealkylation sites (tertiary alicyclic amines) is 1. The first kappa shape index (κ1) is 14.3. The number of amides is 1. The van der Waals surface area contributed by atoms with Crippen molar-refractivity contribution in [2.24, 2.45) is 5.92 Å². The van der Waals surface area contributed by atoms with Crippen LogP contribution in [0.15, 0.2) is 60.7 Å². The van der Waals surface area contributed by atoms with E-state index in [4.69, 9.17) is 4.74 Å². The molecule has 22 heavy (non-hydrogen) atoms. The van der Waals surface area contributed by atoms with E-state index in [1.807, 2.05) is 48.5 Å². The number of carbonyl (C=O) groups excluding carboxylic acids is 2. The molecule has 0 aromatic heterocycles. The van der Waals surface area contributed by atoms with Crippen LogP contribution in [0.25, 0.3) is 0 Å². The van der Waals surface area contributed by atoms with Crippen molar-refractivity contribution in [2.45, 2.75) is 13.0 Å². The Morgan fingerprint density at radius 3 is 2.36 bits per heavy atom. The smallest absolute Gasteiger partial charge is 0.316 e. The number of para-hydroxylation sites is 1. The van der Waals surface area contributed by atoms with Gasteiger partial charge in [0.1, 0.15) is 5.75 Å². The SMILES string of the molecule is O=C(Oc1ccccc1)[C@@H]1CC(=O)N(Cc2ccccc2)C1. The molecule has 4 heteroatoms. The summed E-state index contributed by atoms with van der Waals surface area (Å²) in [4.78, 5) is 25.9. The highest BCUT2D eigenvalue weighted by molar-refractivity contribution is 5.87.